The number of nitrogen functional groups attached to an aromatic ring is 1. The van der Waals surface area contributed by atoms with Gasteiger partial charge in [0.05, 0.1) is 13.2 Å². The Bertz CT molecular complexity index is 507. The lowest BCUT2D eigenvalue weighted by molar-refractivity contribution is 0.117. The van der Waals surface area contributed by atoms with Crippen molar-refractivity contribution < 1.29 is 4.74 Å². The molecule has 0 saturated heterocycles. The second kappa shape index (κ2) is 5.82. The van der Waals surface area contributed by atoms with Gasteiger partial charge >= 0.3 is 0 Å². The Balaban J connectivity index is 1.93. The van der Waals surface area contributed by atoms with E-state index in [2.05, 4.69) is 23.8 Å². The summed E-state index contributed by atoms with van der Waals surface area (Å²) in [6, 6.07) is 3.77. The van der Waals surface area contributed by atoms with Gasteiger partial charge in [0, 0.05) is 12.8 Å². The number of imidazole rings is 1. The van der Waals surface area contributed by atoms with Gasteiger partial charge in [0.25, 0.3) is 0 Å². The lowest BCUT2D eigenvalue weighted by atomic mass is 10.1. The largest absolute Gasteiger partial charge is 0.380 e. The highest BCUT2D eigenvalue weighted by atomic mass is 16.5. The molecule has 5 nitrogen and oxygen atoms in total. The molecule has 2 aromatic rings. The van der Waals surface area contributed by atoms with E-state index in [0.717, 1.165) is 24.2 Å². The fourth-order valence-corrected chi connectivity index (χ4v) is 1.77. The molecule has 0 bridgehead atoms. The van der Waals surface area contributed by atoms with Crippen molar-refractivity contribution in [1.82, 2.24) is 14.5 Å². The number of nitrogens with zero attached hydrogens (tertiary/aromatic N) is 3. The van der Waals surface area contributed by atoms with Crippen molar-refractivity contribution in [3.05, 3.63) is 18.3 Å². The number of hydrogen-bond acceptors (Lipinski definition) is 4. The summed E-state index contributed by atoms with van der Waals surface area (Å²) in [6.45, 7) is 6.50. The number of fused-ring (bicyclic) bond motifs is 1. The van der Waals surface area contributed by atoms with Crippen molar-refractivity contribution in [1.29, 1.82) is 0 Å². The van der Waals surface area contributed by atoms with E-state index in [9.17, 15) is 0 Å². The van der Waals surface area contributed by atoms with E-state index < -0.39 is 0 Å². The summed E-state index contributed by atoms with van der Waals surface area (Å²) >= 11 is 0. The molecular weight excluding hydrogens is 228 g/mol. The van der Waals surface area contributed by atoms with Gasteiger partial charge in [-0.1, -0.05) is 13.8 Å². The third kappa shape index (κ3) is 2.98. The van der Waals surface area contributed by atoms with E-state index in [1.54, 1.807) is 6.20 Å². The second-order valence-electron chi connectivity index (χ2n) is 4.76. The minimum atomic E-state index is 0.496. The highest BCUT2D eigenvalue weighted by Crippen LogP contribution is 2.14. The first-order valence-electron chi connectivity index (χ1n) is 6.33. The Morgan fingerprint density at radius 3 is 3.00 bits per heavy atom. The van der Waals surface area contributed by atoms with Crippen LogP contribution < -0.4 is 5.73 Å². The van der Waals surface area contributed by atoms with E-state index in [1.807, 2.05) is 16.7 Å². The SMILES string of the molecule is CC(C)CCOCCn1c(N)nc2cccnc21. The molecule has 2 heterocycles. The minimum Gasteiger partial charge on any atom is -0.380 e. The summed E-state index contributed by atoms with van der Waals surface area (Å²) in [4.78, 5) is 8.56. The Labute approximate surface area is 107 Å². The highest BCUT2D eigenvalue weighted by molar-refractivity contribution is 5.73. The summed E-state index contributed by atoms with van der Waals surface area (Å²) < 4.78 is 7.48. The third-order valence-electron chi connectivity index (χ3n) is 2.83. The number of ether oxygens (including phenoxy) is 1. The maximum Gasteiger partial charge on any atom is 0.202 e. The lowest BCUT2D eigenvalue weighted by Crippen LogP contribution is -2.10. The van der Waals surface area contributed by atoms with Crippen molar-refractivity contribution in [2.45, 2.75) is 26.8 Å². The van der Waals surface area contributed by atoms with Crippen LogP contribution in [0.3, 0.4) is 0 Å². The van der Waals surface area contributed by atoms with E-state index >= 15 is 0 Å². The van der Waals surface area contributed by atoms with Crippen LogP contribution in [-0.4, -0.2) is 27.7 Å². The zero-order valence-corrected chi connectivity index (χ0v) is 11.0. The van der Waals surface area contributed by atoms with Crippen LogP contribution >= 0.6 is 0 Å². The quantitative estimate of drug-likeness (QED) is 0.795. The van der Waals surface area contributed by atoms with Crippen LogP contribution in [-0.2, 0) is 11.3 Å². The number of aromatic nitrogens is 3. The van der Waals surface area contributed by atoms with Gasteiger partial charge < -0.3 is 10.5 Å². The van der Waals surface area contributed by atoms with Gasteiger partial charge in [-0.25, -0.2) is 9.97 Å². The van der Waals surface area contributed by atoms with Crippen LogP contribution in [0.1, 0.15) is 20.3 Å². The molecule has 0 atom stereocenters. The van der Waals surface area contributed by atoms with Crippen LogP contribution in [0.15, 0.2) is 18.3 Å². The van der Waals surface area contributed by atoms with Gasteiger partial charge in [-0.2, -0.15) is 0 Å². The average molecular weight is 248 g/mol. The summed E-state index contributed by atoms with van der Waals surface area (Å²) in [6.07, 6.45) is 2.83. The predicted octanol–water partition coefficient (Wildman–Crippen LogP) is 2.08. The maximum absolute atomic E-state index is 5.87. The Hall–Kier alpha value is -1.62. The number of hydrogen-bond donors (Lipinski definition) is 1. The smallest absolute Gasteiger partial charge is 0.202 e. The van der Waals surface area contributed by atoms with Crippen LogP contribution in [0.4, 0.5) is 5.95 Å². The van der Waals surface area contributed by atoms with Gasteiger partial charge in [0.15, 0.2) is 5.65 Å². The number of rotatable bonds is 6. The Kier molecular flexibility index (Phi) is 4.15. The fraction of sp³-hybridized carbons (Fsp3) is 0.538. The van der Waals surface area contributed by atoms with E-state index in [-0.39, 0.29) is 0 Å². The van der Waals surface area contributed by atoms with Gasteiger partial charge in [-0.15, -0.1) is 0 Å². The predicted molar refractivity (Wildman–Crippen MR) is 72.2 cm³/mol. The number of anilines is 1. The van der Waals surface area contributed by atoms with Crippen LogP contribution in [0.5, 0.6) is 0 Å². The van der Waals surface area contributed by atoms with Crippen molar-refractivity contribution in [3.63, 3.8) is 0 Å². The first-order chi connectivity index (χ1) is 8.68. The standard InChI is InChI=1S/C13H20N4O/c1-10(2)5-8-18-9-7-17-12-11(16-13(17)14)4-3-6-15-12/h3-4,6,10H,5,7-9H2,1-2H3,(H2,14,16). The molecule has 0 fully saturated rings. The highest BCUT2D eigenvalue weighted by Gasteiger charge is 2.07. The lowest BCUT2D eigenvalue weighted by Gasteiger charge is -2.08. The molecule has 0 radical (unpaired) electrons. The molecule has 2 rings (SSSR count). The molecule has 0 spiro atoms. The molecule has 2 N–H and O–H groups in total. The van der Waals surface area contributed by atoms with Crippen molar-refractivity contribution >= 4 is 17.1 Å². The van der Waals surface area contributed by atoms with E-state index in [4.69, 9.17) is 10.5 Å². The van der Waals surface area contributed by atoms with Crippen LogP contribution in [0, 0.1) is 5.92 Å². The number of pyridine rings is 1. The molecular formula is C13H20N4O. The maximum atomic E-state index is 5.87. The summed E-state index contributed by atoms with van der Waals surface area (Å²) in [5.74, 6) is 1.17. The van der Waals surface area contributed by atoms with Crippen LogP contribution in [0.25, 0.3) is 11.2 Å². The fourth-order valence-electron chi connectivity index (χ4n) is 1.77. The molecule has 0 unspecified atom stereocenters. The van der Waals surface area contributed by atoms with Gasteiger partial charge in [-0.05, 0) is 24.5 Å². The van der Waals surface area contributed by atoms with Gasteiger partial charge in [0.2, 0.25) is 5.95 Å². The Morgan fingerprint density at radius 1 is 1.39 bits per heavy atom. The molecule has 0 aromatic carbocycles. The van der Waals surface area contributed by atoms with Gasteiger partial charge in [-0.3, -0.25) is 4.57 Å². The summed E-state index contributed by atoms with van der Waals surface area (Å²) in [7, 11) is 0. The third-order valence-corrected chi connectivity index (χ3v) is 2.83. The molecule has 18 heavy (non-hydrogen) atoms. The van der Waals surface area contributed by atoms with E-state index in [1.165, 1.54) is 0 Å². The Morgan fingerprint density at radius 2 is 2.22 bits per heavy atom. The first-order valence-corrected chi connectivity index (χ1v) is 6.33. The molecule has 0 saturated carbocycles. The zero-order chi connectivity index (χ0) is 13.0. The number of nitrogens with two attached hydrogens (primary N) is 1. The van der Waals surface area contributed by atoms with Crippen molar-refractivity contribution in [2.75, 3.05) is 18.9 Å². The molecule has 5 heteroatoms. The minimum absolute atomic E-state index is 0.496. The summed E-state index contributed by atoms with van der Waals surface area (Å²) in [5.41, 5.74) is 7.53. The van der Waals surface area contributed by atoms with Crippen LogP contribution in [0.2, 0.25) is 0 Å². The molecule has 0 aliphatic heterocycles. The van der Waals surface area contributed by atoms with Gasteiger partial charge in [0.1, 0.15) is 5.52 Å². The topological polar surface area (TPSA) is 66.0 Å². The molecule has 98 valence electrons. The molecule has 2 aromatic heterocycles. The molecule has 0 aliphatic rings. The van der Waals surface area contributed by atoms with Crippen molar-refractivity contribution in [3.8, 4) is 0 Å². The average Bonchev–Trinajstić information content (AvgIpc) is 2.65. The first kappa shape index (κ1) is 12.8. The molecule has 0 amide bonds. The zero-order valence-electron chi connectivity index (χ0n) is 11.0. The second-order valence-corrected chi connectivity index (χ2v) is 4.76. The normalized spacial score (nSPS) is 11.5. The molecule has 0 aliphatic carbocycles. The van der Waals surface area contributed by atoms with Crippen molar-refractivity contribution in [2.24, 2.45) is 5.92 Å². The monoisotopic (exact) mass is 248 g/mol. The summed E-state index contributed by atoms with van der Waals surface area (Å²) in [5, 5.41) is 0. The van der Waals surface area contributed by atoms with E-state index in [0.29, 0.717) is 25.0 Å².